The lowest BCUT2D eigenvalue weighted by molar-refractivity contribution is -0.161. The summed E-state index contributed by atoms with van der Waals surface area (Å²) in [6.07, 6.45) is -0.619. The highest BCUT2D eigenvalue weighted by Crippen LogP contribution is 2.26. The Hall–Kier alpha value is -1.10. The highest BCUT2D eigenvalue weighted by atomic mass is 16.5. The minimum Gasteiger partial charge on any atom is -0.481 e. The van der Waals surface area contributed by atoms with Crippen molar-refractivity contribution in [1.82, 2.24) is 0 Å². The van der Waals surface area contributed by atoms with Crippen LogP contribution in [0.5, 0.6) is 0 Å². The van der Waals surface area contributed by atoms with Gasteiger partial charge in [0, 0.05) is 7.11 Å². The Morgan fingerprint density at radius 1 is 1.00 bits per heavy atom. The minimum atomic E-state index is -1.13. The number of aliphatic carboxylic acids is 2. The van der Waals surface area contributed by atoms with Gasteiger partial charge in [-0.05, 0) is 12.8 Å². The number of carboxylic acid groups (broad SMARTS) is 2. The van der Waals surface area contributed by atoms with Gasteiger partial charge in [-0.15, -0.1) is 0 Å². The molecule has 88 valence electrons. The Morgan fingerprint density at radius 3 is 1.60 bits per heavy atom. The fourth-order valence-electron chi connectivity index (χ4n) is 1.65. The molecule has 0 aromatic rings. The number of carboxylic acids is 2. The lowest BCUT2D eigenvalue weighted by Crippen LogP contribution is -2.40. The summed E-state index contributed by atoms with van der Waals surface area (Å²) in [5, 5.41) is 18.0. The van der Waals surface area contributed by atoms with Crippen molar-refractivity contribution in [3.63, 3.8) is 0 Å². The third kappa shape index (κ3) is 3.51. The predicted octanol–water partition coefficient (Wildman–Crippen LogP) is 1.08. The number of ether oxygens (including phenoxy) is 1. The maximum absolute atomic E-state index is 11.0. The summed E-state index contributed by atoms with van der Waals surface area (Å²) in [7, 11) is 1.37. The Bertz CT molecular complexity index is 236. The molecule has 0 amide bonds. The van der Waals surface area contributed by atoms with Crippen LogP contribution >= 0.6 is 0 Å². The van der Waals surface area contributed by atoms with E-state index in [0.29, 0.717) is 0 Å². The van der Waals surface area contributed by atoms with Crippen molar-refractivity contribution < 1.29 is 24.5 Å². The quantitative estimate of drug-likeness (QED) is 0.697. The van der Waals surface area contributed by atoms with Crippen LogP contribution in [-0.2, 0) is 14.3 Å². The average Bonchev–Trinajstić information content (AvgIpc) is 2.10. The van der Waals surface area contributed by atoms with Crippen molar-refractivity contribution in [2.24, 2.45) is 17.8 Å². The van der Waals surface area contributed by atoms with Gasteiger partial charge in [0.2, 0.25) is 0 Å². The molecule has 15 heavy (non-hydrogen) atoms. The highest BCUT2D eigenvalue weighted by Gasteiger charge is 2.39. The molecular formula is C10H18O5. The Balaban J connectivity index is 5.01. The maximum Gasteiger partial charge on any atom is 0.310 e. The third-order valence-electron chi connectivity index (χ3n) is 2.55. The largest absolute Gasteiger partial charge is 0.481 e. The smallest absolute Gasteiger partial charge is 0.310 e. The first-order valence-electron chi connectivity index (χ1n) is 4.81. The van der Waals surface area contributed by atoms with Crippen LogP contribution in [0.4, 0.5) is 0 Å². The lowest BCUT2D eigenvalue weighted by Gasteiger charge is -2.27. The van der Waals surface area contributed by atoms with E-state index in [1.165, 1.54) is 7.11 Å². The van der Waals surface area contributed by atoms with Gasteiger partial charge < -0.3 is 14.9 Å². The molecular weight excluding hydrogens is 200 g/mol. The van der Waals surface area contributed by atoms with Gasteiger partial charge in [0.25, 0.3) is 0 Å². The molecule has 0 aromatic carbocycles. The molecule has 5 nitrogen and oxygen atoms in total. The molecule has 3 unspecified atom stereocenters. The fourth-order valence-corrected chi connectivity index (χ4v) is 1.65. The first-order valence-corrected chi connectivity index (χ1v) is 4.81. The van der Waals surface area contributed by atoms with Crippen LogP contribution in [0, 0.1) is 17.8 Å². The number of methoxy groups -OCH3 is 1. The van der Waals surface area contributed by atoms with Gasteiger partial charge in [0.1, 0.15) is 0 Å². The fraction of sp³-hybridized carbons (Fsp3) is 0.800. The maximum atomic E-state index is 11.0. The zero-order chi connectivity index (χ0) is 12.2. The molecule has 0 spiro atoms. The van der Waals surface area contributed by atoms with Gasteiger partial charge >= 0.3 is 11.9 Å². The van der Waals surface area contributed by atoms with Gasteiger partial charge in [-0.1, -0.05) is 13.8 Å². The number of rotatable bonds is 6. The van der Waals surface area contributed by atoms with E-state index < -0.39 is 29.9 Å². The topological polar surface area (TPSA) is 83.8 Å². The van der Waals surface area contributed by atoms with Crippen molar-refractivity contribution in [1.29, 1.82) is 0 Å². The molecule has 2 N–H and O–H groups in total. The average molecular weight is 218 g/mol. The first kappa shape index (κ1) is 13.9. The molecule has 0 rings (SSSR count). The molecule has 0 aliphatic heterocycles. The standard InChI is InChI=1S/C10H18O5/c1-5(2)7(9(11)12)8(10(13)14)6(3)15-4/h5-8H,1-4H3,(H,11,12)(H,13,14). The Labute approximate surface area is 89.0 Å². The Morgan fingerprint density at radius 2 is 1.40 bits per heavy atom. The van der Waals surface area contributed by atoms with Gasteiger partial charge in [-0.2, -0.15) is 0 Å². The van der Waals surface area contributed by atoms with Crippen LogP contribution in [-0.4, -0.2) is 35.4 Å². The van der Waals surface area contributed by atoms with E-state index in [4.69, 9.17) is 14.9 Å². The van der Waals surface area contributed by atoms with Crippen LogP contribution in [0.1, 0.15) is 20.8 Å². The molecule has 0 heterocycles. The van der Waals surface area contributed by atoms with Gasteiger partial charge in [0.15, 0.2) is 0 Å². The molecule has 0 aliphatic rings. The second kappa shape index (κ2) is 5.70. The summed E-state index contributed by atoms with van der Waals surface area (Å²) in [5.41, 5.74) is 0. The van der Waals surface area contributed by atoms with Crippen LogP contribution in [0.3, 0.4) is 0 Å². The number of hydrogen-bond acceptors (Lipinski definition) is 3. The lowest BCUT2D eigenvalue weighted by atomic mass is 9.80. The first-order chi connectivity index (χ1) is 6.82. The summed E-state index contributed by atoms with van der Waals surface area (Å²) in [6.45, 7) is 4.95. The number of carbonyl (C=O) groups is 2. The van der Waals surface area contributed by atoms with Crippen LogP contribution < -0.4 is 0 Å². The van der Waals surface area contributed by atoms with E-state index in [9.17, 15) is 9.59 Å². The summed E-state index contributed by atoms with van der Waals surface area (Å²) >= 11 is 0. The van der Waals surface area contributed by atoms with Crippen molar-refractivity contribution in [3.05, 3.63) is 0 Å². The second-order valence-corrected chi connectivity index (χ2v) is 3.91. The van der Waals surface area contributed by atoms with E-state index in [1.54, 1.807) is 20.8 Å². The van der Waals surface area contributed by atoms with Crippen molar-refractivity contribution in [2.75, 3.05) is 7.11 Å². The molecule has 0 aliphatic carbocycles. The van der Waals surface area contributed by atoms with Crippen molar-refractivity contribution in [2.45, 2.75) is 26.9 Å². The SMILES string of the molecule is COC(C)C(C(=O)O)C(C(=O)O)C(C)C. The zero-order valence-corrected chi connectivity index (χ0v) is 9.43. The van der Waals surface area contributed by atoms with Gasteiger partial charge in [-0.3, -0.25) is 9.59 Å². The molecule has 0 aromatic heterocycles. The highest BCUT2D eigenvalue weighted by molar-refractivity contribution is 5.80. The Kier molecular flexibility index (Phi) is 5.28. The summed E-state index contributed by atoms with van der Waals surface area (Å²) in [5.74, 6) is -4.43. The minimum absolute atomic E-state index is 0.249. The van der Waals surface area contributed by atoms with Crippen LogP contribution in [0.25, 0.3) is 0 Å². The second-order valence-electron chi connectivity index (χ2n) is 3.91. The molecule has 0 fully saturated rings. The normalized spacial score (nSPS) is 17.1. The molecule has 0 saturated carbocycles. The summed E-state index contributed by atoms with van der Waals surface area (Å²) in [6, 6.07) is 0. The van der Waals surface area contributed by atoms with E-state index in [-0.39, 0.29) is 5.92 Å². The van der Waals surface area contributed by atoms with Crippen molar-refractivity contribution >= 4 is 11.9 Å². The summed E-state index contributed by atoms with van der Waals surface area (Å²) < 4.78 is 4.91. The van der Waals surface area contributed by atoms with Gasteiger partial charge in [-0.25, -0.2) is 0 Å². The monoisotopic (exact) mass is 218 g/mol. The zero-order valence-electron chi connectivity index (χ0n) is 9.43. The number of hydrogen-bond donors (Lipinski definition) is 2. The molecule has 0 bridgehead atoms. The van der Waals surface area contributed by atoms with Crippen molar-refractivity contribution in [3.8, 4) is 0 Å². The molecule has 5 heteroatoms. The van der Waals surface area contributed by atoms with E-state index >= 15 is 0 Å². The van der Waals surface area contributed by atoms with E-state index in [0.717, 1.165) is 0 Å². The molecule has 0 saturated heterocycles. The van der Waals surface area contributed by atoms with E-state index in [1.807, 2.05) is 0 Å². The van der Waals surface area contributed by atoms with Crippen LogP contribution in [0.2, 0.25) is 0 Å². The van der Waals surface area contributed by atoms with E-state index in [2.05, 4.69) is 0 Å². The van der Waals surface area contributed by atoms with Gasteiger partial charge in [0.05, 0.1) is 17.9 Å². The predicted molar refractivity (Wildman–Crippen MR) is 53.6 cm³/mol. The molecule has 3 atom stereocenters. The molecule has 0 radical (unpaired) electrons. The van der Waals surface area contributed by atoms with Crippen LogP contribution in [0.15, 0.2) is 0 Å². The third-order valence-corrected chi connectivity index (χ3v) is 2.55. The summed E-state index contributed by atoms with van der Waals surface area (Å²) in [4.78, 5) is 22.0.